The molecule has 10 heavy (non-hydrogen) atoms. The van der Waals surface area contributed by atoms with Gasteiger partial charge < -0.3 is 4.42 Å². The van der Waals surface area contributed by atoms with Crippen LogP contribution in [0.5, 0.6) is 0 Å². The van der Waals surface area contributed by atoms with E-state index in [0.717, 1.165) is 5.56 Å². The Bertz CT molecular complexity index is 298. The molecule has 3 nitrogen and oxygen atoms in total. The molecule has 0 saturated heterocycles. The first kappa shape index (κ1) is 6.74. The number of carbonyl (C=O) groups excluding carboxylic acids is 1. The summed E-state index contributed by atoms with van der Waals surface area (Å²) in [6.07, 6.45) is 0.508. The fraction of sp³-hybridized carbons (Fsp3) is 0.143. The van der Waals surface area contributed by atoms with Gasteiger partial charge in [0.2, 0.25) is 0 Å². The zero-order valence-electron chi connectivity index (χ0n) is 5.46. The monoisotopic (exact) mass is 138 g/mol. The van der Waals surface area contributed by atoms with E-state index >= 15 is 0 Å². The molecule has 0 saturated carbocycles. The van der Waals surface area contributed by atoms with E-state index < -0.39 is 5.63 Å². The number of hydrogen-bond donors (Lipinski definition) is 0. The van der Waals surface area contributed by atoms with Crippen molar-refractivity contribution in [2.24, 2.45) is 0 Å². The van der Waals surface area contributed by atoms with Gasteiger partial charge >= 0.3 is 5.63 Å². The molecule has 0 amide bonds. The summed E-state index contributed by atoms with van der Waals surface area (Å²) in [5.74, 6) is 0.0741. The Morgan fingerprint density at radius 2 is 2.20 bits per heavy atom. The number of hydrogen-bond acceptors (Lipinski definition) is 3. The molecule has 1 aromatic heterocycles. The predicted molar refractivity (Wildman–Crippen MR) is 35.1 cm³/mol. The minimum atomic E-state index is -0.484. The van der Waals surface area contributed by atoms with Crippen molar-refractivity contribution in [3.05, 3.63) is 33.9 Å². The highest BCUT2D eigenvalue weighted by Gasteiger charge is 1.94. The molecule has 0 N–H and O–H groups in total. The lowest BCUT2D eigenvalue weighted by molar-refractivity contribution is 0.109. The lowest BCUT2D eigenvalue weighted by Crippen LogP contribution is -1.99. The standard InChI is InChI=1S/C7H6O3/c1-5-2-6(4-8)10-7(9)3-5/h2-4H,1H3. The Morgan fingerprint density at radius 1 is 1.50 bits per heavy atom. The van der Waals surface area contributed by atoms with Gasteiger partial charge in [0.25, 0.3) is 0 Å². The van der Waals surface area contributed by atoms with Crippen LogP contribution in [-0.4, -0.2) is 6.29 Å². The second-order valence-electron chi connectivity index (χ2n) is 1.97. The molecule has 0 unspecified atom stereocenters. The maximum Gasteiger partial charge on any atom is 0.336 e. The van der Waals surface area contributed by atoms with Crippen molar-refractivity contribution < 1.29 is 9.21 Å². The van der Waals surface area contributed by atoms with E-state index in [1.807, 2.05) is 0 Å². The zero-order chi connectivity index (χ0) is 7.56. The molecule has 0 aromatic carbocycles. The van der Waals surface area contributed by atoms with Gasteiger partial charge in [0.1, 0.15) is 0 Å². The van der Waals surface area contributed by atoms with E-state index in [2.05, 4.69) is 4.42 Å². The molecule has 3 heteroatoms. The topological polar surface area (TPSA) is 47.3 Å². The summed E-state index contributed by atoms with van der Waals surface area (Å²) in [5.41, 5.74) is 0.250. The van der Waals surface area contributed by atoms with Crippen molar-refractivity contribution in [1.82, 2.24) is 0 Å². The van der Waals surface area contributed by atoms with Crippen LogP contribution in [0.2, 0.25) is 0 Å². The SMILES string of the molecule is Cc1cc(C=O)oc(=O)c1. The molecule has 0 aliphatic carbocycles. The van der Waals surface area contributed by atoms with Gasteiger partial charge in [-0.25, -0.2) is 4.79 Å². The number of aryl methyl sites for hydroxylation is 1. The third kappa shape index (κ3) is 1.31. The predicted octanol–water partition coefficient (Wildman–Crippen LogP) is 0.761. The molecular formula is C7H6O3. The lowest BCUT2D eigenvalue weighted by atomic mass is 10.3. The fourth-order valence-electron chi connectivity index (χ4n) is 0.685. The molecular weight excluding hydrogens is 132 g/mol. The molecule has 1 aromatic rings. The highest BCUT2D eigenvalue weighted by atomic mass is 16.4. The molecule has 1 rings (SSSR count). The Morgan fingerprint density at radius 3 is 2.70 bits per heavy atom. The summed E-state index contributed by atoms with van der Waals surface area (Å²) < 4.78 is 4.48. The van der Waals surface area contributed by atoms with Crippen LogP contribution in [0.15, 0.2) is 21.3 Å². The third-order valence-electron chi connectivity index (χ3n) is 1.05. The van der Waals surface area contributed by atoms with E-state index in [9.17, 15) is 9.59 Å². The van der Waals surface area contributed by atoms with Gasteiger partial charge in [-0.1, -0.05) is 0 Å². The van der Waals surface area contributed by atoms with Crippen molar-refractivity contribution in [3.63, 3.8) is 0 Å². The highest BCUT2D eigenvalue weighted by Crippen LogP contribution is 1.95. The molecule has 0 aliphatic heterocycles. The highest BCUT2D eigenvalue weighted by molar-refractivity contribution is 5.70. The number of rotatable bonds is 1. The fourth-order valence-corrected chi connectivity index (χ4v) is 0.685. The number of aldehydes is 1. The summed E-state index contributed by atoms with van der Waals surface area (Å²) in [6, 6.07) is 2.83. The van der Waals surface area contributed by atoms with Crippen molar-refractivity contribution in [1.29, 1.82) is 0 Å². The Hall–Kier alpha value is -1.38. The summed E-state index contributed by atoms with van der Waals surface area (Å²) in [7, 11) is 0. The smallest absolute Gasteiger partial charge is 0.336 e. The van der Waals surface area contributed by atoms with Gasteiger partial charge in [-0.05, 0) is 18.6 Å². The van der Waals surface area contributed by atoms with Crippen molar-refractivity contribution in [2.45, 2.75) is 6.92 Å². The van der Waals surface area contributed by atoms with Crippen molar-refractivity contribution in [2.75, 3.05) is 0 Å². The van der Waals surface area contributed by atoms with E-state index in [4.69, 9.17) is 0 Å². The average Bonchev–Trinajstić information content (AvgIpc) is 1.85. The molecule has 1 heterocycles. The normalized spacial score (nSPS) is 9.30. The maximum atomic E-state index is 10.5. The van der Waals surface area contributed by atoms with E-state index in [-0.39, 0.29) is 5.76 Å². The summed E-state index contributed by atoms with van der Waals surface area (Å²) >= 11 is 0. The third-order valence-corrected chi connectivity index (χ3v) is 1.05. The minimum Gasteiger partial charge on any atom is -0.420 e. The van der Waals surface area contributed by atoms with Crippen LogP contribution < -0.4 is 5.63 Å². The Kier molecular flexibility index (Phi) is 1.67. The van der Waals surface area contributed by atoms with Crippen molar-refractivity contribution in [3.8, 4) is 0 Å². The van der Waals surface area contributed by atoms with Gasteiger partial charge in [-0.2, -0.15) is 0 Å². The van der Waals surface area contributed by atoms with Crippen LogP contribution in [0.25, 0.3) is 0 Å². The van der Waals surface area contributed by atoms with Gasteiger partial charge in [0.15, 0.2) is 12.0 Å². The van der Waals surface area contributed by atoms with Crippen LogP contribution in [0.3, 0.4) is 0 Å². The van der Waals surface area contributed by atoms with E-state index in [1.165, 1.54) is 12.1 Å². The summed E-state index contributed by atoms with van der Waals surface area (Å²) in [5, 5.41) is 0. The number of carbonyl (C=O) groups is 1. The van der Waals surface area contributed by atoms with Gasteiger partial charge in [0, 0.05) is 6.07 Å². The molecule has 0 radical (unpaired) electrons. The molecule has 0 bridgehead atoms. The molecule has 0 fully saturated rings. The maximum absolute atomic E-state index is 10.5. The quantitative estimate of drug-likeness (QED) is 0.538. The van der Waals surface area contributed by atoms with E-state index in [1.54, 1.807) is 6.92 Å². The van der Waals surface area contributed by atoms with Gasteiger partial charge in [-0.15, -0.1) is 0 Å². The lowest BCUT2D eigenvalue weighted by Gasteiger charge is -1.89. The second kappa shape index (κ2) is 2.47. The first-order valence-corrected chi connectivity index (χ1v) is 2.79. The average molecular weight is 138 g/mol. The van der Waals surface area contributed by atoms with Crippen LogP contribution in [0.4, 0.5) is 0 Å². The largest absolute Gasteiger partial charge is 0.420 e. The Labute approximate surface area is 57.3 Å². The van der Waals surface area contributed by atoms with Crippen LogP contribution in [-0.2, 0) is 0 Å². The first-order valence-electron chi connectivity index (χ1n) is 2.79. The van der Waals surface area contributed by atoms with Crippen LogP contribution >= 0.6 is 0 Å². The zero-order valence-corrected chi connectivity index (χ0v) is 5.46. The first-order chi connectivity index (χ1) is 4.72. The molecule has 0 aliphatic rings. The molecule has 52 valence electrons. The summed E-state index contributed by atoms with van der Waals surface area (Å²) in [4.78, 5) is 20.6. The van der Waals surface area contributed by atoms with E-state index in [0.29, 0.717) is 6.29 Å². The van der Waals surface area contributed by atoms with Crippen LogP contribution in [0.1, 0.15) is 16.1 Å². The van der Waals surface area contributed by atoms with Crippen molar-refractivity contribution >= 4 is 6.29 Å². The molecule has 0 spiro atoms. The van der Waals surface area contributed by atoms with Crippen LogP contribution in [0, 0.1) is 6.92 Å². The van der Waals surface area contributed by atoms with Gasteiger partial charge in [0.05, 0.1) is 0 Å². The van der Waals surface area contributed by atoms with Gasteiger partial charge in [-0.3, -0.25) is 4.79 Å². The second-order valence-corrected chi connectivity index (χ2v) is 1.97. The summed E-state index contributed by atoms with van der Waals surface area (Å²) in [6.45, 7) is 1.73. The minimum absolute atomic E-state index is 0.0741. The Balaban J connectivity index is 3.32. The molecule has 0 atom stereocenters.